The van der Waals surface area contributed by atoms with Gasteiger partial charge in [0.2, 0.25) is 5.95 Å². The van der Waals surface area contributed by atoms with Crippen molar-refractivity contribution in [2.75, 3.05) is 24.4 Å². The Morgan fingerprint density at radius 2 is 1.81 bits per heavy atom. The largest absolute Gasteiger partial charge is 0.354 e. The van der Waals surface area contributed by atoms with Gasteiger partial charge in [0.25, 0.3) is 5.56 Å². The zero-order valence-corrected chi connectivity index (χ0v) is 17.9. The second kappa shape index (κ2) is 9.65. The van der Waals surface area contributed by atoms with Crippen LogP contribution in [0.1, 0.15) is 20.8 Å². The third kappa shape index (κ3) is 5.90. The third-order valence-electron chi connectivity index (χ3n) is 3.61. The predicted octanol–water partition coefficient (Wildman–Crippen LogP) is 0.154. The Morgan fingerprint density at radius 1 is 1.26 bits per heavy atom. The van der Waals surface area contributed by atoms with Crippen molar-refractivity contribution < 1.29 is 4.21 Å². The number of hydrogen-bond donors (Lipinski definition) is 2. The molecule has 0 radical (unpaired) electrons. The lowest BCUT2D eigenvalue weighted by Gasteiger charge is -2.10. The van der Waals surface area contributed by atoms with E-state index in [1.807, 2.05) is 26.8 Å². The van der Waals surface area contributed by atoms with Crippen LogP contribution in [0.25, 0.3) is 11.2 Å². The average Bonchev–Trinajstić information content (AvgIpc) is 2.92. The molecule has 2 rings (SSSR count). The molecule has 0 unspecified atom stereocenters. The molecule has 27 heavy (non-hydrogen) atoms. The summed E-state index contributed by atoms with van der Waals surface area (Å²) in [5.41, 5.74) is 6.93. The third-order valence-corrected chi connectivity index (χ3v) is 3.61. The molecule has 0 aliphatic heterocycles. The first-order valence-corrected chi connectivity index (χ1v) is 10.5. The minimum absolute atomic E-state index is 0.0571. The number of anilines is 1. The molecule has 10 heteroatoms. The van der Waals surface area contributed by atoms with Crippen LogP contribution in [-0.4, -0.2) is 48.0 Å². The summed E-state index contributed by atoms with van der Waals surface area (Å²) in [5, 5.41) is 3.15. The summed E-state index contributed by atoms with van der Waals surface area (Å²) in [5.74, 6) is 0.535. The molecule has 1 atom stereocenters. The molecular formula is C17H30N6O3S. The molecule has 9 nitrogen and oxygen atoms in total. The normalized spacial score (nSPS) is 11.9. The number of nitrogens with two attached hydrogens (primary N) is 1. The Balaban J connectivity index is 0.000000828. The standard InChI is InChI=1S/C15H24N6O2.C2H6OS/c1-9(2)6-7-21-11-12(18-14(21)17-8-10(3)16)19(4)15(23)20(5)13(11)22;1-4(2)3/h6,10H,7-8,16H2,1-5H3,(H,17,18);1-2H3/t10-;/m0./s1. The molecule has 3 N–H and O–H groups in total. The van der Waals surface area contributed by atoms with Gasteiger partial charge in [-0.1, -0.05) is 11.6 Å². The summed E-state index contributed by atoms with van der Waals surface area (Å²) in [4.78, 5) is 29.1. The van der Waals surface area contributed by atoms with Crippen molar-refractivity contribution in [3.63, 3.8) is 0 Å². The van der Waals surface area contributed by atoms with Crippen LogP contribution in [0.4, 0.5) is 5.95 Å². The van der Waals surface area contributed by atoms with Crippen molar-refractivity contribution in [3.05, 3.63) is 32.5 Å². The number of nitrogens with one attached hydrogen (secondary N) is 1. The lowest BCUT2D eigenvalue weighted by molar-refractivity contribution is 0.690. The molecule has 0 aliphatic carbocycles. The minimum Gasteiger partial charge on any atom is -0.354 e. The van der Waals surface area contributed by atoms with Crippen molar-refractivity contribution in [1.82, 2.24) is 18.7 Å². The van der Waals surface area contributed by atoms with Crippen molar-refractivity contribution in [3.8, 4) is 0 Å². The Bertz CT molecular complexity index is 960. The molecule has 0 aliphatic rings. The van der Waals surface area contributed by atoms with Gasteiger partial charge >= 0.3 is 5.69 Å². The highest BCUT2D eigenvalue weighted by Crippen LogP contribution is 2.16. The maximum Gasteiger partial charge on any atom is 0.332 e. The Kier molecular flexibility index (Phi) is 8.17. The van der Waals surface area contributed by atoms with Crippen LogP contribution in [0.15, 0.2) is 21.2 Å². The number of fused-ring (bicyclic) bond motifs is 1. The van der Waals surface area contributed by atoms with Crippen LogP contribution in [0.3, 0.4) is 0 Å². The van der Waals surface area contributed by atoms with Gasteiger partial charge in [0, 0.05) is 56.5 Å². The van der Waals surface area contributed by atoms with Crippen LogP contribution < -0.4 is 22.3 Å². The molecule has 0 saturated carbocycles. The molecule has 2 heterocycles. The van der Waals surface area contributed by atoms with E-state index in [1.165, 1.54) is 11.6 Å². The second-order valence-corrected chi connectivity index (χ2v) is 8.29. The maximum absolute atomic E-state index is 12.5. The summed E-state index contributed by atoms with van der Waals surface area (Å²) >= 11 is 0. The van der Waals surface area contributed by atoms with Gasteiger partial charge < -0.3 is 15.6 Å². The van der Waals surface area contributed by atoms with Crippen LogP contribution in [0.5, 0.6) is 0 Å². The molecule has 0 bridgehead atoms. The first-order valence-electron chi connectivity index (χ1n) is 8.51. The zero-order valence-electron chi connectivity index (χ0n) is 17.1. The van der Waals surface area contributed by atoms with Gasteiger partial charge in [0.05, 0.1) is 0 Å². The molecule has 152 valence electrons. The smallest absolute Gasteiger partial charge is 0.332 e. The molecule has 2 aromatic rings. The molecule has 0 aromatic carbocycles. The summed E-state index contributed by atoms with van der Waals surface area (Å²) < 4.78 is 13.8. The molecular weight excluding hydrogens is 368 g/mol. The first-order chi connectivity index (χ1) is 12.5. The van der Waals surface area contributed by atoms with E-state index < -0.39 is 16.5 Å². The summed E-state index contributed by atoms with van der Waals surface area (Å²) in [6.45, 7) is 6.87. The van der Waals surface area contributed by atoms with Crippen molar-refractivity contribution in [2.45, 2.75) is 33.4 Å². The number of hydrogen-bond acceptors (Lipinski definition) is 6. The fourth-order valence-corrected chi connectivity index (χ4v) is 2.29. The highest BCUT2D eigenvalue weighted by Gasteiger charge is 2.18. The van der Waals surface area contributed by atoms with E-state index in [0.29, 0.717) is 30.2 Å². The lowest BCUT2D eigenvalue weighted by Crippen LogP contribution is -2.37. The van der Waals surface area contributed by atoms with Gasteiger partial charge in [-0.25, -0.2) is 4.79 Å². The average molecular weight is 399 g/mol. The minimum atomic E-state index is -0.611. The summed E-state index contributed by atoms with van der Waals surface area (Å²) in [6, 6.07) is -0.0571. The quantitative estimate of drug-likeness (QED) is 0.693. The van der Waals surface area contributed by atoms with Gasteiger partial charge in [0.15, 0.2) is 11.2 Å². The Hall–Kier alpha value is -2.20. The van der Waals surface area contributed by atoms with E-state index in [0.717, 1.165) is 10.1 Å². The van der Waals surface area contributed by atoms with E-state index >= 15 is 0 Å². The van der Waals surface area contributed by atoms with E-state index in [9.17, 15) is 13.8 Å². The molecule has 0 fully saturated rings. The van der Waals surface area contributed by atoms with Gasteiger partial charge in [-0.2, -0.15) is 4.98 Å². The van der Waals surface area contributed by atoms with E-state index in [4.69, 9.17) is 5.73 Å². The summed E-state index contributed by atoms with van der Waals surface area (Å²) in [6.07, 6.45) is 5.28. The highest BCUT2D eigenvalue weighted by atomic mass is 32.2. The molecule has 0 spiro atoms. The number of imidazole rings is 1. The second-order valence-electron chi connectivity index (χ2n) is 6.81. The number of rotatable bonds is 5. The first kappa shape index (κ1) is 22.8. The number of aryl methyl sites for hydroxylation is 1. The predicted molar refractivity (Wildman–Crippen MR) is 112 cm³/mol. The Labute approximate surface area is 161 Å². The summed E-state index contributed by atoms with van der Waals surface area (Å²) in [7, 11) is 2.47. The SMILES string of the molecule is CC(C)=CCn1c(NC[C@H](C)N)nc2c1c(=O)n(C)c(=O)n2C.CS(C)=O. The van der Waals surface area contributed by atoms with Crippen LogP contribution in [-0.2, 0) is 31.4 Å². The van der Waals surface area contributed by atoms with E-state index in [-0.39, 0.29) is 11.6 Å². The topological polar surface area (TPSA) is 117 Å². The van der Waals surface area contributed by atoms with Crippen LogP contribution in [0, 0.1) is 0 Å². The Morgan fingerprint density at radius 3 is 2.30 bits per heavy atom. The van der Waals surface area contributed by atoms with Crippen molar-refractivity contribution in [2.24, 2.45) is 19.8 Å². The lowest BCUT2D eigenvalue weighted by atomic mass is 10.3. The number of aromatic nitrogens is 4. The fourth-order valence-electron chi connectivity index (χ4n) is 2.29. The van der Waals surface area contributed by atoms with Crippen LogP contribution >= 0.6 is 0 Å². The zero-order chi connectivity index (χ0) is 20.9. The maximum atomic E-state index is 12.5. The highest BCUT2D eigenvalue weighted by molar-refractivity contribution is 7.83. The van der Waals surface area contributed by atoms with Crippen LogP contribution in [0.2, 0.25) is 0 Å². The van der Waals surface area contributed by atoms with Crippen molar-refractivity contribution in [1.29, 1.82) is 0 Å². The van der Waals surface area contributed by atoms with Gasteiger partial charge in [-0.3, -0.25) is 18.1 Å². The molecule has 0 saturated heterocycles. The van der Waals surface area contributed by atoms with E-state index in [2.05, 4.69) is 10.3 Å². The number of allylic oxidation sites excluding steroid dienone is 2. The number of nitrogens with zero attached hydrogens (tertiary/aromatic N) is 4. The fraction of sp³-hybridized carbons (Fsp3) is 0.588. The monoisotopic (exact) mass is 398 g/mol. The van der Waals surface area contributed by atoms with Crippen molar-refractivity contribution >= 4 is 27.9 Å². The van der Waals surface area contributed by atoms with Gasteiger partial charge in [-0.15, -0.1) is 0 Å². The van der Waals surface area contributed by atoms with Gasteiger partial charge in [-0.05, 0) is 20.8 Å². The van der Waals surface area contributed by atoms with E-state index in [1.54, 1.807) is 24.1 Å². The molecule has 2 aromatic heterocycles. The van der Waals surface area contributed by atoms with Gasteiger partial charge in [0.1, 0.15) is 0 Å². The molecule has 0 amide bonds.